The van der Waals surface area contributed by atoms with E-state index in [4.69, 9.17) is 0 Å². The number of carbonyl (C=O) groups is 1. The average Bonchev–Trinajstić information content (AvgIpc) is 2.00. The van der Waals surface area contributed by atoms with Gasteiger partial charge in [-0.25, -0.2) is 0 Å². The van der Waals surface area contributed by atoms with E-state index in [9.17, 15) is 4.79 Å². The molecule has 0 bridgehead atoms. The molecule has 0 aromatic heterocycles. The van der Waals surface area contributed by atoms with E-state index < -0.39 is 0 Å². The molecule has 14 heavy (non-hydrogen) atoms. The number of amides is 1. The van der Waals surface area contributed by atoms with Crippen LogP contribution in [0.25, 0.3) is 0 Å². The zero-order valence-electron chi connectivity index (χ0n) is 8.23. The van der Waals surface area contributed by atoms with Gasteiger partial charge >= 0.3 is 0 Å². The summed E-state index contributed by atoms with van der Waals surface area (Å²) in [5.74, 6) is 0.0978. The van der Waals surface area contributed by atoms with Crippen LogP contribution in [0.2, 0.25) is 0 Å². The predicted molar refractivity (Wildman–Crippen MR) is 60.4 cm³/mol. The second-order valence-corrected chi connectivity index (χ2v) is 5.21. The average molecular weight is 254 g/mol. The molecule has 0 fully saturated rings. The number of halogens is 1. The molecule has 1 aromatic carbocycles. The first-order chi connectivity index (χ1) is 6.49. The Hall–Kier alpha value is -0.830. The van der Waals surface area contributed by atoms with Crippen molar-refractivity contribution in [3.8, 4) is 0 Å². The summed E-state index contributed by atoms with van der Waals surface area (Å²) < 4.78 is 0.995. The molecule has 0 saturated carbocycles. The normalized spacial score (nSPS) is 18.6. The largest absolute Gasteiger partial charge is 0.326 e. The number of hydrogen-bond donors (Lipinski definition) is 1. The van der Waals surface area contributed by atoms with Crippen LogP contribution in [0.5, 0.6) is 0 Å². The minimum atomic E-state index is -0.0572. The molecule has 0 radical (unpaired) electrons. The van der Waals surface area contributed by atoms with Crippen molar-refractivity contribution in [1.82, 2.24) is 0 Å². The highest BCUT2D eigenvalue weighted by atomic mass is 79.9. The van der Waals surface area contributed by atoms with E-state index in [1.807, 2.05) is 12.1 Å². The third-order valence-electron chi connectivity index (χ3n) is 2.59. The van der Waals surface area contributed by atoms with Crippen LogP contribution >= 0.6 is 15.9 Å². The van der Waals surface area contributed by atoms with Crippen LogP contribution < -0.4 is 5.32 Å². The number of carbonyl (C=O) groups excluding carboxylic acids is 1. The third-order valence-corrected chi connectivity index (χ3v) is 3.08. The maximum atomic E-state index is 11.4. The molecule has 1 amide bonds. The SMILES string of the molecule is CC1(C)CC(=O)Nc2cc(Br)ccc21. The molecule has 3 heteroatoms. The Morgan fingerprint density at radius 3 is 2.86 bits per heavy atom. The summed E-state index contributed by atoms with van der Waals surface area (Å²) in [5.41, 5.74) is 2.08. The summed E-state index contributed by atoms with van der Waals surface area (Å²) in [6, 6.07) is 6.03. The van der Waals surface area contributed by atoms with Crippen LogP contribution in [-0.2, 0) is 10.2 Å². The number of rotatable bonds is 0. The van der Waals surface area contributed by atoms with Crippen molar-refractivity contribution < 1.29 is 4.79 Å². The zero-order valence-corrected chi connectivity index (χ0v) is 9.81. The maximum absolute atomic E-state index is 11.4. The van der Waals surface area contributed by atoms with E-state index in [1.165, 1.54) is 5.56 Å². The molecule has 0 aliphatic carbocycles. The summed E-state index contributed by atoms with van der Waals surface area (Å²) in [7, 11) is 0. The number of nitrogens with one attached hydrogen (secondary N) is 1. The molecule has 1 aliphatic rings. The summed E-state index contributed by atoms with van der Waals surface area (Å²) in [6.07, 6.45) is 0.557. The van der Waals surface area contributed by atoms with Crippen molar-refractivity contribution in [3.63, 3.8) is 0 Å². The summed E-state index contributed by atoms with van der Waals surface area (Å²) >= 11 is 3.40. The molecule has 1 N–H and O–H groups in total. The minimum absolute atomic E-state index is 0.0572. The fraction of sp³-hybridized carbons (Fsp3) is 0.364. The molecule has 0 spiro atoms. The predicted octanol–water partition coefficient (Wildman–Crippen LogP) is 3.07. The van der Waals surface area contributed by atoms with Gasteiger partial charge in [-0.15, -0.1) is 0 Å². The second kappa shape index (κ2) is 3.09. The second-order valence-electron chi connectivity index (χ2n) is 4.30. The van der Waals surface area contributed by atoms with Crippen LogP contribution in [0.3, 0.4) is 0 Å². The number of benzene rings is 1. The monoisotopic (exact) mass is 253 g/mol. The minimum Gasteiger partial charge on any atom is -0.326 e. The molecule has 74 valence electrons. The van der Waals surface area contributed by atoms with Gasteiger partial charge in [-0.3, -0.25) is 4.79 Å². The van der Waals surface area contributed by atoms with Crippen molar-refractivity contribution in [1.29, 1.82) is 0 Å². The molecule has 0 atom stereocenters. The smallest absolute Gasteiger partial charge is 0.225 e. The highest BCUT2D eigenvalue weighted by molar-refractivity contribution is 9.10. The number of fused-ring (bicyclic) bond motifs is 1. The van der Waals surface area contributed by atoms with Gasteiger partial charge < -0.3 is 5.32 Å². The zero-order chi connectivity index (χ0) is 10.3. The Kier molecular flexibility index (Phi) is 2.14. The van der Waals surface area contributed by atoms with Gasteiger partial charge in [0.25, 0.3) is 0 Å². The van der Waals surface area contributed by atoms with Crippen molar-refractivity contribution in [2.45, 2.75) is 25.7 Å². The lowest BCUT2D eigenvalue weighted by Gasteiger charge is -2.32. The van der Waals surface area contributed by atoms with Crippen LogP contribution in [0.1, 0.15) is 25.8 Å². The number of hydrogen-bond acceptors (Lipinski definition) is 1. The van der Waals surface area contributed by atoms with E-state index in [2.05, 4.69) is 41.2 Å². The molecular formula is C11H12BrNO. The van der Waals surface area contributed by atoms with Crippen LogP contribution in [0.15, 0.2) is 22.7 Å². The Balaban J connectivity index is 2.57. The van der Waals surface area contributed by atoms with Crippen molar-refractivity contribution in [2.75, 3.05) is 5.32 Å². The quantitative estimate of drug-likeness (QED) is 0.757. The molecule has 2 rings (SSSR count). The van der Waals surface area contributed by atoms with Gasteiger partial charge in [0, 0.05) is 22.0 Å². The first kappa shape index (κ1) is 9.71. The highest BCUT2D eigenvalue weighted by Crippen LogP contribution is 2.38. The van der Waals surface area contributed by atoms with E-state index in [0.29, 0.717) is 6.42 Å². The number of anilines is 1. The first-order valence-corrected chi connectivity index (χ1v) is 5.38. The van der Waals surface area contributed by atoms with Crippen LogP contribution in [0, 0.1) is 0 Å². The van der Waals surface area contributed by atoms with E-state index >= 15 is 0 Å². The molecule has 2 nitrogen and oxygen atoms in total. The van der Waals surface area contributed by atoms with E-state index in [0.717, 1.165) is 10.2 Å². The standard InChI is InChI=1S/C11H12BrNO/c1-11(2)6-10(14)13-9-5-7(12)3-4-8(9)11/h3-5H,6H2,1-2H3,(H,13,14). The first-order valence-electron chi connectivity index (χ1n) is 4.59. The molecule has 1 aromatic rings. The summed E-state index contributed by atoms with van der Waals surface area (Å²) in [4.78, 5) is 11.4. The van der Waals surface area contributed by atoms with Gasteiger partial charge in [-0.2, -0.15) is 0 Å². The molecular weight excluding hydrogens is 242 g/mol. The maximum Gasteiger partial charge on any atom is 0.225 e. The lowest BCUT2D eigenvalue weighted by Crippen LogP contribution is -2.32. The summed E-state index contributed by atoms with van der Waals surface area (Å²) in [6.45, 7) is 4.19. The van der Waals surface area contributed by atoms with Gasteiger partial charge in [0.2, 0.25) is 5.91 Å². The highest BCUT2D eigenvalue weighted by Gasteiger charge is 2.31. The van der Waals surface area contributed by atoms with Gasteiger partial charge in [-0.05, 0) is 17.7 Å². The van der Waals surface area contributed by atoms with E-state index in [-0.39, 0.29) is 11.3 Å². The van der Waals surface area contributed by atoms with Gasteiger partial charge in [0.05, 0.1) is 0 Å². The Labute approximate surface area is 91.8 Å². The molecule has 0 saturated heterocycles. The Bertz CT molecular complexity index is 398. The van der Waals surface area contributed by atoms with Gasteiger partial charge in [-0.1, -0.05) is 35.8 Å². The topological polar surface area (TPSA) is 29.1 Å². The molecule has 1 heterocycles. The Morgan fingerprint density at radius 1 is 1.43 bits per heavy atom. The van der Waals surface area contributed by atoms with Gasteiger partial charge in [0.15, 0.2) is 0 Å². The van der Waals surface area contributed by atoms with Crippen LogP contribution in [0.4, 0.5) is 5.69 Å². The van der Waals surface area contributed by atoms with Crippen molar-refractivity contribution in [3.05, 3.63) is 28.2 Å². The fourth-order valence-electron chi connectivity index (χ4n) is 1.90. The van der Waals surface area contributed by atoms with Crippen molar-refractivity contribution in [2.24, 2.45) is 0 Å². The lowest BCUT2D eigenvalue weighted by atomic mass is 9.78. The molecule has 1 aliphatic heterocycles. The van der Waals surface area contributed by atoms with Crippen LogP contribution in [-0.4, -0.2) is 5.91 Å². The van der Waals surface area contributed by atoms with Gasteiger partial charge in [0.1, 0.15) is 0 Å². The fourth-order valence-corrected chi connectivity index (χ4v) is 2.26. The Morgan fingerprint density at radius 2 is 2.14 bits per heavy atom. The lowest BCUT2D eigenvalue weighted by molar-refractivity contribution is -0.117. The molecule has 0 unspecified atom stereocenters. The van der Waals surface area contributed by atoms with E-state index in [1.54, 1.807) is 0 Å². The summed E-state index contributed by atoms with van der Waals surface area (Å²) in [5, 5.41) is 2.89. The van der Waals surface area contributed by atoms with Crippen molar-refractivity contribution >= 4 is 27.5 Å². The third kappa shape index (κ3) is 1.57.